The molecule has 0 spiro atoms. The Labute approximate surface area is 206 Å². The summed E-state index contributed by atoms with van der Waals surface area (Å²) < 4.78 is 0. The van der Waals surface area contributed by atoms with Crippen molar-refractivity contribution in [3.05, 3.63) is 43.0 Å². The van der Waals surface area contributed by atoms with Gasteiger partial charge in [0.25, 0.3) is 0 Å². The Morgan fingerprint density at radius 3 is 2.81 bits per heavy atom. The van der Waals surface area contributed by atoms with Gasteiger partial charge in [0.1, 0.15) is 11.2 Å². The summed E-state index contributed by atoms with van der Waals surface area (Å²) in [4.78, 5) is 36.3. The Kier molecular flexibility index (Phi) is 4.90. The van der Waals surface area contributed by atoms with Crippen LogP contribution in [0.1, 0.15) is 32.1 Å². The highest BCUT2D eigenvalue weighted by atomic mass is 16.2. The molecule has 7 rings (SSSR count). The van der Waals surface area contributed by atoms with Gasteiger partial charge in [-0.2, -0.15) is 5.10 Å². The highest BCUT2D eigenvalue weighted by Gasteiger charge is 2.29. The number of H-pyrrole nitrogens is 2. The topological polar surface area (TPSA) is 128 Å². The number of carbonyl (C=O) groups excluding carboxylic acids is 1. The Balaban J connectivity index is 1.25. The lowest BCUT2D eigenvalue weighted by molar-refractivity contribution is -0.117. The van der Waals surface area contributed by atoms with Crippen LogP contribution in [-0.2, 0) is 4.79 Å². The highest BCUT2D eigenvalue weighted by molar-refractivity contribution is 5.97. The number of pyridine rings is 3. The molecule has 0 atom stereocenters. The van der Waals surface area contributed by atoms with Crippen molar-refractivity contribution in [1.82, 2.24) is 35.1 Å². The lowest BCUT2D eigenvalue weighted by atomic mass is 10.1. The number of hydrogen-bond donors (Lipinski definition) is 3. The lowest BCUT2D eigenvalue weighted by Gasteiger charge is -2.28. The van der Waals surface area contributed by atoms with Crippen LogP contribution in [0.15, 0.2) is 43.0 Å². The Morgan fingerprint density at radius 1 is 1.06 bits per heavy atom. The molecule has 3 N–H and O–H groups in total. The van der Waals surface area contributed by atoms with Gasteiger partial charge >= 0.3 is 0 Å². The van der Waals surface area contributed by atoms with Crippen molar-refractivity contribution < 1.29 is 4.79 Å². The molecule has 0 bridgehead atoms. The lowest BCUT2D eigenvalue weighted by Crippen LogP contribution is -2.29. The minimum Gasteiger partial charge on any atom is -0.370 e. The van der Waals surface area contributed by atoms with Crippen LogP contribution in [0.4, 0.5) is 11.4 Å². The van der Waals surface area contributed by atoms with Gasteiger partial charge in [-0.05, 0) is 50.3 Å². The largest absolute Gasteiger partial charge is 0.370 e. The maximum Gasteiger partial charge on any atom is 0.227 e. The summed E-state index contributed by atoms with van der Waals surface area (Å²) in [5.74, 6) is 0.844. The minimum absolute atomic E-state index is 0.0527. The molecular weight excluding hydrogens is 454 g/mol. The summed E-state index contributed by atoms with van der Waals surface area (Å²) >= 11 is 0. The first-order valence-corrected chi connectivity index (χ1v) is 12.4. The molecule has 1 aliphatic heterocycles. The van der Waals surface area contributed by atoms with E-state index in [2.05, 4.69) is 46.4 Å². The van der Waals surface area contributed by atoms with E-state index in [9.17, 15) is 4.79 Å². The van der Waals surface area contributed by atoms with Crippen LogP contribution < -0.4 is 10.2 Å². The molecule has 1 saturated heterocycles. The van der Waals surface area contributed by atoms with Crippen LogP contribution in [0.25, 0.3) is 44.8 Å². The molecule has 10 heteroatoms. The fourth-order valence-corrected chi connectivity index (χ4v) is 4.90. The number of piperidine rings is 1. The Bertz CT molecular complexity index is 1590. The third-order valence-corrected chi connectivity index (χ3v) is 6.99. The zero-order valence-corrected chi connectivity index (χ0v) is 19.7. The van der Waals surface area contributed by atoms with Gasteiger partial charge in [-0.15, -0.1) is 0 Å². The van der Waals surface area contributed by atoms with E-state index >= 15 is 0 Å². The maximum atomic E-state index is 12.2. The molecule has 6 heterocycles. The fraction of sp³-hybridized carbons (Fsp3) is 0.308. The van der Waals surface area contributed by atoms with E-state index in [1.54, 1.807) is 18.6 Å². The number of hydrogen-bond acceptors (Lipinski definition) is 7. The number of fused-ring (bicyclic) bond motifs is 2. The van der Waals surface area contributed by atoms with E-state index in [0.29, 0.717) is 22.9 Å². The van der Waals surface area contributed by atoms with Gasteiger partial charge in [0.05, 0.1) is 35.0 Å². The summed E-state index contributed by atoms with van der Waals surface area (Å²) in [6, 6.07) is 5.93. The third-order valence-electron chi connectivity index (χ3n) is 6.99. The summed E-state index contributed by atoms with van der Waals surface area (Å²) in [5.41, 5.74) is 6.50. The molecule has 5 aromatic rings. The summed E-state index contributed by atoms with van der Waals surface area (Å²) in [7, 11) is 0. The molecule has 36 heavy (non-hydrogen) atoms. The number of aromatic nitrogens is 7. The number of imidazole rings is 1. The second-order valence-corrected chi connectivity index (χ2v) is 9.57. The normalized spacial score (nSPS) is 16.1. The molecule has 10 nitrogen and oxygen atoms in total. The van der Waals surface area contributed by atoms with Crippen LogP contribution in [-0.4, -0.2) is 54.1 Å². The highest BCUT2D eigenvalue weighted by Crippen LogP contribution is 2.33. The van der Waals surface area contributed by atoms with Crippen LogP contribution >= 0.6 is 0 Å². The smallest absolute Gasteiger partial charge is 0.227 e. The van der Waals surface area contributed by atoms with Crippen molar-refractivity contribution in [2.45, 2.75) is 32.1 Å². The van der Waals surface area contributed by atoms with Crippen molar-refractivity contribution in [2.24, 2.45) is 5.92 Å². The van der Waals surface area contributed by atoms with E-state index in [1.807, 2.05) is 18.3 Å². The van der Waals surface area contributed by atoms with Gasteiger partial charge in [-0.1, -0.05) is 0 Å². The average Bonchev–Trinajstić information content (AvgIpc) is 3.55. The number of amides is 1. The first kappa shape index (κ1) is 21.0. The molecule has 2 fully saturated rings. The molecule has 180 valence electrons. The second-order valence-electron chi connectivity index (χ2n) is 9.57. The van der Waals surface area contributed by atoms with Crippen molar-refractivity contribution in [3.63, 3.8) is 0 Å². The van der Waals surface area contributed by atoms with Crippen LogP contribution in [0.3, 0.4) is 0 Å². The minimum atomic E-state index is 0.0527. The summed E-state index contributed by atoms with van der Waals surface area (Å²) in [5, 5.41) is 11.5. The number of aromatic amines is 2. The van der Waals surface area contributed by atoms with Gasteiger partial charge in [0.15, 0.2) is 11.5 Å². The monoisotopic (exact) mass is 479 g/mol. The van der Waals surface area contributed by atoms with Crippen molar-refractivity contribution in [3.8, 4) is 22.8 Å². The molecular formula is C26H25N9O. The van der Waals surface area contributed by atoms with Gasteiger partial charge in [0, 0.05) is 42.4 Å². The van der Waals surface area contributed by atoms with Gasteiger partial charge < -0.3 is 15.2 Å². The second kappa shape index (κ2) is 8.40. The van der Waals surface area contributed by atoms with Gasteiger partial charge in [0.2, 0.25) is 5.91 Å². The van der Waals surface area contributed by atoms with E-state index in [-0.39, 0.29) is 11.8 Å². The van der Waals surface area contributed by atoms with Crippen LogP contribution in [0, 0.1) is 5.92 Å². The summed E-state index contributed by atoms with van der Waals surface area (Å²) in [6.45, 7) is 2.09. The number of carbonyl (C=O) groups is 1. The number of nitrogens with one attached hydrogen (secondary N) is 3. The van der Waals surface area contributed by atoms with Crippen molar-refractivity contribution >= 4 is 39.3 Å². The SMILES string of the molecule is O=C(Nc1cncc(-c2cc3c(-c4nc5nccc(N6CCCCC6)c5[nH]4)n[nH]c3cn2)c1)C1CC1. The number of anilines is 2. The van der Waals surface area contributed by atoms with Crippen molar-refractivity contribution in [1.29, 1.82) is 0 Å². The van der Waals surface area contributed by atoms with Crippen LogP contribution in [0.2, 0.25) is 0 Å². The first-order valence-electron chi connectivity index (χ1n) is 12.4. The maximum absolute atomic E-state index is 12.2. The summed E-state index contributed by atoms with van der Waals surface area (Å²) in [6.07, 6.45) is 12.6. The molecule has 2 aliphatic rings. The molecule has 5 aromatic heterocycles. The Morgan fingerprint density at radius 2 is 1.94 bits per heavy atom. The van der Waals surface area contributed by atoms with Crippen molar-refractivity contribution in [2.75, 3.05) is 23.3 Å². The Hall–Kier alpha value is -4.34. The van der Waals surface area contributed by atoms with E-state index in [1.165, 1.54) is 19.3 Å². The fourth-order valence-electron chi connectivity index (χ4n) is 4.90. The predicted molar refractivity (Wildman–Crippen MR) is 137 cm³/mol. The molecule has 1 saturated carbocycles. The molecule has 0 unspecified atom stereocenters. The first-order chi connectivity index (χ1) is 17.7. The predicted octanol–water partition coefficient (Wildman–Crippen LogP) is 4.30. The number of rotatable bonds is 5. The molecule has 0 radical (unpaired) electrons. The average molecular weight is 480 g/mol. The molecule has 1 aliphatic carbocycles. The zero-order chi connectivity index (χ0) is 24.1. The van der Waals surface area contributed by atoms with E-state index < -0.39 is 0 Å². The zero-order valence-electron chi connectivity index (χ0n) is 19.7. The molecule has 0 aromatic carbocycles. The van der Waals surface area contributed by atoms with E-state index in [4.69, 9.17) is 4.98 Å². The standard InChI is InChI=1S/C26H25N9O/c36-26(15-4-5-15)30-17-10-16(12-27-13-17)19-11-18-20(14-29-19)33-34-22(18)25-31-23-21(6-7-28-24(23)32-25)35-8-2-1-3-9-35/h6-7,10-15H,1-5,8-9H2,(H,30,36)(H,33,34)(H,28,31,32). The number of nitrogens with zero attached hydrogens (tertiary/aromatic N) is 6. The quantitative estimate of drug-likeness (QED) is 0.343. The van der Waals surface area contributed by atoms with Gasteiger partial charge in [-0.25, -0.2) is 9.97 Å². The van der Waals surface area contributed by atoms with Crippen LogP contribution in [0.5, 0.6) is 0 Å². The third kappa shape index (κ3) is 3.74. The van der Waals surface area contributed by atoms with E-state index in [0.717, 1.165) is 59.3 Å². The molecule has 1 amide bonds. The van der Waals surface area contributed by atoms with Gasteiger partial charge in [-0.3, -0.25) is 19.9 Å².